The molecule has 1 unspecified atom stereocenters. The van der Waals surface area contributed by atoms with Crippen molar-refractivity contribution < 1.29 is 41.3 Å². The van der Waals surface area contributed by atoms with E-state index < -0.39 is 41.0 Å². The van der Waals surface area contributed by atoms with E-state index in [4.69, 9.17) is 15.9 Å². The van der Waals surface area contributed by atoms with Crippen LogP contribution in [0, 0.1) is 0 Å². The predicted octanol–water partition coefficient (Wildman–Crippen LogP) is 5.23. The minimum absolute atomic E-state index is 0.0297. The molecule has 0 bridgehead atoms. The van der Waals surface area contributed by atoms with Crippen LogP contribution in [0.1, 0.15) is 53.7 Å². The van der Waals surface area contributed by atoms with Crippen molar-refractivity contribution in [3.8, 4) is 0 Å². The van der Waals surface area contributed by atoms with E-state index in [1.165, 1.54) is 6.92 Å². The second-order valence-corrected chi connectivity index (χ2v) is 10.9. The third-order valence-corrected chi connectivity index (χ3v) is 7.73. The molecule has 4 rings (SSSR count). The summed E-state index contributed by atoms with van der Waals surface area (Å²) < 4.78 is 86.7. The number of benzene rings is 3. The SMILES string of the molecule is CC(OCC1(c2ccccc2)CC(N(CC(=[NH2+])NC(N)=O)Cc2ccccc2)C1)c1cc(C(F)(F)F)cc(C(F)(F)F)c1. The fourth-order valence-electron chi connectivity index (χ4n) is 5.47. The second kappa shape index (κ2) is 12.8. The van der Waals surface area contributed by atoms with Gasteiger partial charge in [0.25, 0.3) is 5.84 Å². The molecule has 1 saturated carbocycles. The molecule has 3 aromatic rings. The minimum Gasteiger partial charge on any atom is -0.373 e. The highest BCUT2D eigenvalue weighted by molar-refractivity contribution is 5.94. The van der Waals surface area contributed by atoms with Crippen molar-refractivity contribution in [3.63, 3.8) is 0 Å². The van der Waals surface area contributed by atoms with Crippen molar-refractivity contribution in [2.24, 2.45) is 5.73 Å². The van der Waals surface area contributed by atoms with Crippen LogP contribution in [0.15, 0.2) is 78.9 Å². The van der Waals surface area contributed by atoms with E-state index >= 15 is 0 Å². The van der Waals surface area contributed by atoms with Crippen molar-refractivity contribution >= 4 is 11.9 Å². The Balaban J connectivity index is 1.57. The standard InChI is InChI=1S/C31H32F6N4O2/c1-20(22-12-24(30(32,33)34)14-25(13-22)31(35,36)37)43-19-29(23-10-6-3-7-11-23)15-26(16-29)41(18-27(38)40-28(39)42)17-21-8-4-2-5-9-21/h2-14,20,26H,15-19H2,1H3,(H4,38,39,40,42)/p+1. The number of nitrogens with one attached hydrogen (secondary N) is 1. The molecule has 12 heteroatoms. The Morgan fingerprint density at radius 2 is 1.51 bits per heavy atom. The van der Waals surface area contributed by atoms with Gasteiger partial charge in [-0.3, -0.25) is 10.3 Å². The minimum atomic E-state index is -4.95. The van der Waals surface area contributed by atoms with Crippen LogP contribution in [0.3, 0.4) is 0 Å². The number of carbonyl (C=O) groups is 1. The third kappa shape index (κ3) is 8.14. The van der Waals surface area contributed by atoms with Gasteiger partial charge in [0.15, 0.2) is 0 Å². The van der Waals surface area contributed by atoms with Gasteiger partial charge < -0.3 is 10.5 Å². The molecule has 1 aliphatic carbocycles. The molecule has 0 aliphatic heterocycles. The second-order valence-electron chi connectivity index (χ2n) is 10.9. The summed E-state index contributed by atoms with van der Waals surface area (Å²) in [4.78, 5) is 13.5. The van der Waals surface area contributed by atoms with Crippen LogP contribution in [0.5, 0.6) is 0 Å². The molecule has 43 heavy (non-hydrogen) atoms. The Morgan fingerprint density at radius 1 is 0.977 bits per heavy atom. The maximum Gasteiger partial charge on any atom is 0.416 e. The molecule has 3 aromatic carbocycles. The summed E-state index contributed by atoms with van der Waals surface area (Å²) in [6.07, 6.45) is -9.82. The lowest BCUT2D eigenvalue weighted by Gasteiger charge is -2.52. The monoisotopic (exact) mass is 607 g/mol. The van der Waals surface area contributed by atoms with E-state index in [-0.39, 0.29) is 36.7 Å². The fourth-order valence-corrected chi connectivity index (χ4v) is 5.47. The Hall–Kier alpha value is -3.90. The number of halogens is 6. The van der Waals surface area contributed by atoms with Gasteiger partial charge in [0.2, 0.25) is 0 Å². The number of ether oxygens (including phenoxy) is 1. The Bertz CT molecular complexity index is 1380. The van der Waals surface area contributed by atoms with Crippen LogP contribution in [0.25, 0.3) is 0 Å². The zero-order valence-corrected chi connectivity index (χ0v) is 23.4. The number of hydrogen-bond donors (Lipinski definition) is 3. The number of rotatable bonds is 10. The molecule has 2 amide bonds. The van der Waals surface area contributed by atoms with Gasteiger partial charge in [-0.05, 0) is 54.7 Å². The lowest BCUT2D eigenvalue weighted by Crippen LogP contribution is -2.61. The number of hydrogen-bond acceptors (Lipinski definition) is 3. The molecule has 0 heterocycles. The molecule has 1 atom stereocenters. The molecular formula is C31H33F6N4O2+. The molecule has 6 nitrogen and oxygen atoms in total. The van der Waals surface area contributed by atoms with Gasteiger partial charge in [-0.25, -0.2) is 4.79 Å². The highest BCUT2D eigenvalue weighted by Gasteiger charge is 2.48. The van der Waals surface area contributed by atoms with Crippen molar-refractivity contribution in [1.29, 1.82) is 0 Å². The van der Waals surface area contributed by atoms with Crippen molar-refractivity contribution in [1.82, 2.24) is 10.2 Å². The number of amidine groups is 1. The topological polar surface area (TPSA) is 93.2 Å². The van der Waals surface area contributed by atoms with Gasteiger partial charge in [-0.2, -0.15) is 31.7 Å². The molecule has 1 fully saturated rings. The van der Waals surface area contributed by atoms with Crippen LogP contribution < -0.4 is 16.5 Å². The normalized spacial score (nSPS) is 19.5. The smallest absolute Gasteiger partial charge is 0.373 e. The van der Waals surface area contributed by atoms with Crippen molar-refractivity contribution in [2.75, 3.05) is 13.2 Å². The summed E-state index contributed by atoms with van der Waals surface area (Å²) in [5.74, 6) is 0.176. The summed E-state index contributed by atoms with van der Waals surface area (Å²) in [6, 6.07) is 19.7. The zero-order chi connectivity index (χ0) is 31.4. The van der Waals surface area contributed by atoms with E-state index in [2.05, 4.69) is 10.2 Å². The first-order valence-electron chi connectivity index (χ1n) is 13.6. The van der Waals surface area contributed by atoms with Crippen LogP contribution in [0.2, 0.25) is 0 Å². The first kappa shape index (κ1) is 32.0. The van der Waals surface area contributed by atoms with E-state index in [9.17, 15) is 31.1 Å². The molecule has 0 radical (unpaired) electrons. The van der Waals surface area contributed by atoms with Crippen LogP contribution >= 0.6 is 0 Å². The first-order chi connectivity index (χ1) is 20.2. The summed E-state index contributed by atoms with van der Waals surface area (Å²) in [6.45, 7) is 2.23. The Labute approximate surface area is 245 Å². The van der Waals surface area contributed by atoms with Gasteiger partial charge in [0.1, 0.15) is 6.54 Å². The average molecular weight is 608 g/mol. The Morgan fingerprint density at radius 3 is 2.02 bits per heavy atom. The number of urea groups is 1. The maximum absolute atomic E-state index is 13.4. The van der Waals surface area contributed by atoms with Gasteiger partial charge >= 0.3 is 18.4 Å². The van der Waals surface area contributed by atoms with E-state index in [1.807, 2.05) is 60.7 Å². The lowest BCUT2D eigenvalue weighted by atomic mass is 9.61. The van der Waals surface area contributed by atoms with Crippen molar-refractivity contribution in [2.45, 2.75) is 56.2 Å². The molecule has 1 aliphatic rings. The van der Waals surface area contributed by atoms with Gasteiger partial charge in [0.05, 0.1) is 23.8 Å². The number of carbonyl (C=O) groups excluding carboxylic acids is 1. The van der Waals surface area contributed by atoms with Crippen LogP contribution in [0.4, 0.5) is 31.1 Å². The van der Waals surface area contributed by atoms with Crippen LogP contribution in [-0.4, -0.2) is 36.0 Å². The number of nitrogens with two attached hydrogens (primary N) is 2. The molecular weight excluding hydrogens is 574 g/mol. The number of nitrogens with zero attached hydrogens (tertiary/aromatic N) is 1. The van der Waals surface area contributed by atoms with Gasteiger partial charge in [-0.15, -0.1) is 0 Å². The molecule has 0 spiro atoms. The molecule has 0 saturated heterocycles. The zero-order valence-electron chi connectivity index (χ0n) is 23.4. The summed E-state index contributed by atoms with van der Waals surface area (Å²) in [5, 5.41) is 8.46. The van der Waals surface area contributed by atoms with Crippen molar-refractivity contribution in [3.05, 3.63) is 107 Å². The predicted molar refractivity (Wildman–Crippen MR) is 148 cm³/mol. The third-order valence-electron chi connectivity index (χ3n) is 7.73. The van der Waals surface area contributed by atoms with E-state index in [0.29, 0.717) is 31.5 Å². The Kier molecular flexibility index (Phi) is 9.50. The number of primary amides is 1. The van der Waals surface area contributed by atoms with E-state index in [0.717, 1.165) is 11.1 Å². The van der Waals surface area contributed by atoms with Crippen LogP contribution in [-0.2, 0) is 29.0 Å². The highest BCUT2D eigenvalue weighted by atomic mass is 19.4. The first-order valence-corrected chi connectivity index (χ1v) is 13.6. The summed E-state index contributed by atoms with van der Waals surface area (Å²) in [7, 11) is 0. The fraction of sp³-hybridized carbons (Fsp3) is 0.355. The molecule has 0 aromatic heterocycles. The quantitative estimate of drug-likeness (QED) is 0.168. The molecule has 5 N–H and O–H groups in total. The summed E-state index contributed by atoms with van der Waals surface area (Å²) in [5.41, 5.74) is 3.64. The number of amides is 2. The molecule has 230 valence electrons. The highest BCUT2D eigenvalue weighted by Crippen LogP contribution is 2.48. The average Bonchev–Trinajstić information content (AvgIpc) is 2.91. The number of alkyl halides is 6. The largest absolute Gasteiger partial charge is 0.416 e. The van der Waals surface area contributed by atoms with Gasteiger partial charge in [-0.1, -0.05) is 60.7 Å². The van der Waals surface area contributed by atoms with E-state index in [1.54, 1.807) is 0 Å². The maximum atomic E-state index is 13.4. The summed E-state index contributed by atoms with van der Waals surface area (Å²) >= 11 is 0. The lowest BCUT2D eigenvalue weighted by molar-refractivity contribution is -0.143. The van der Waals surface area contributed by atoms with Gasteiger partial charge in [0, 0.05) is 18.0 Å².